The average Bonchev–Trinajstić information content (AvgIpc) is 3.40. The van der Waals surface area contributed by atoms with E-state index in [9.17, 15) is 29.4 Å². The van der Waals surface area contributed by atoms with Crippen LogP contribution in [-0.2, 0) is 22.6 Å². The van der Waals surface area contributed by atoms with Gasteiger partial charge in [-0.3, -0.25) is 14.5 Å². The highest BCUT2D eigenvalue weighted by Gasteiger charge is 2.37. The number of pyridine rings is 1. The number of carbonyl (C=O) groups excluding carboxylic acids is 3. The van der Waals surface area contributed by atoms with E-state index in [1.807, 2.05) is 83.8 Å². The maximum Gasteiger partial charge on any atom is 0.408 e. The number of alkyl carbamates (subject to hydrolysis) is 1. The summed E-state index contributed by atoms with van der Waals surface area (Å²) in [5.41, 5.74) is 5.02. The lowest BCUT2D eigenvalue weighted by molar-refractivity contribution is -0.0336. The first-order valence-corrected chi connectivity index (χ1v) is 24.5. The molecule has 10 rings (SSSR count). The van der Waals surface area contributed by atoms with Crippen LogP contribution in [0.3, 0.4) is 0 Å². The summed E-state index contributed by atoms with van der Waals surface area (Å²) in [7, 11) is 0. The Morgan fingerprint density at radius 3 is 2.26 bits per heavy atom. The van der Waals surface area contributed by atoms with Gasteiger partial charge in [0.1, 0.15) is 30.8 Å². The molecule has 14 heteroatoms. The van der Waals surface area contributed by atoms with E-state index in [1.165, 1.54) is 12.1 Å². The quantitative estimate of drug-likeness (QED) is 0.0524. The Bertz CT molecular complexity index is 2790. The van der Waals surface area contributed by atoms with Crippen molar-refractivity contribution in [3.05, 3.63) is 177 Å². The third-order valence-corrected chi connectivity index (χ3v) is 14.0. The summed E-state index contributed by atoms with van der Waals surface area (Å²) in [5, 5.41) is 28.1. The molecule has 3 unspecified atom stereocenters. The van der Waals surface area contributed by atoms with Crippen LogP contribution in [-0.4, -0.2) is 94.4 Å². The number of aromatic amines is 1. The van der Waals surface area contributed by atoms with Crippen LogP contribution in [0.4, 0.5) is 4.79 Å². The molecule has 0 radical (unpaired) electrons. The zero-order valence-corrected chi connectivity index (χ0v) is 39.3. The van der Waals surface area contributed by atoms with Gasteiger partial charge >= 0.3 is 12.1 Å². The van der Waals surface area contributed by atoms with Crippen LogP contribution in [0, 0.1) is 5.92 Å². The van der Waals surface area contributed by atoms with Gasteiger partial charge in [0.25, 0.3) is 5.91 Å². The molecule has 70 heavy (non-hydrogen) atoms. The standard InChI is InChI=1S/C56H61N5O9/c62-48-24-22-46(47-23-25-51(64)58-53(47)48)49(63)34-57-33-37-14-18-41(19-15-37)54(65)61(44-11-5-2-6-12-44)30-31-68-55(66)42-20-16-38(17-21-42)36-69-45-13-7-10-43(32-45)52(40-8-3-1-4-9-40)59-56(67)70-50-35-60-28-26-39(50)27-29-60/h1,3-4,7-10,13-25,32,39,44,49-50,52,57,62-63H,2,5-6,11-12,26-31,33-36H2,(H,58,64)(H,59,67). The number of aliphatic hydroxyl groups is 1. The number of rotatable bonds is 18. The van der Waals surface area contributed by atoms with E-state index in [2.05, 4.69) is 20.5 Å². The number of aromatic hydroxyl groups is 1. The van der Waals surface area contributed by atoms with Crippen LogP contribution >= 0.6 is 0 Å². The second-order valence-electron chi connectivity index (χ2n) is 18.7. The Balaban J connectivity index is 0.758. The number of fused-ring (bicyclic) bond motifs is 4. The number of piperidine rings is 3. The van der Waals surface area contributed by atoms with Crippen molar-refractivity contribution in [3.63, 3.8) is 0 Å². The van der Waals surface area contributed by atoms with E-state index < -0.39 is 24.2 Å². The van der Waals surface area contributed by atoms with Crippen LogP contribution in [0.2, 0.25) is 0 Å². The lowest BCUT2D eigenvalue weighted by Gasteiger charge is -2.43. The monoisotopic (exact) mass is 947 g/mol. The molecule has 1 aliphatic carbocycles. The number of H-pyrrole nitrogens is 1. The van der Waals surface area contributed by atoms with E-state index in [4.69, 9.17) is 14.2 Å². The van der Waals surface area contributed by atoms with Crippen molar-refractivity contribution in [1.82, 2.24) is 25.4 Å². The van der Waals surface area contributed by atoms with Crippen LogP contribution in [0.1, 0.15) is 106 Å². The van der Waals surface area contributed by atoms with Gasteiger partial charge < -0.3 is 44.9 Å². The van der Waals surface area contributed by atoms with Crippen molar-refractivity contribution in [2.45, 2.75) is 82.4 Å². The molecule has 364 valence electrons. The van der Waals surface area contributed by atoms with Crippen molar-refractivity contribution < 1.29 is 38.8 Å². The molecule has 5 N–H and O–H groups in total. The highest BCUT2D eigenvalue weighted by molar-refractivity contribution is 5.94. The predicted octanol–water partition coefficient (Wildman–Crippen LogP) is 8.18. The summed E-state index contributed by atoms with van der Waals surface area (Å²) >= 11 is 0. The van der Waals surface area contributed by atoms with E-state index in [0.717, 1.165) is 86.8 Å². The van der Waals surface area contributed by atoms with Crippen molar-refractivity contribution in [2.24, 2.45) is 5.92 Å². The largest absolute Gasteiger partial charge is 0.506 e. The smallest absolute Gasteiger partial charge is 0.408 e. The molecule has 5 aromatic carbocycles. The summed E-state index contributed by atoms with van der Waals surface area (Å²) in [6.45, 7) is 4.16. The van der Waals surface area contributed by atoms with Gasteiger partial charge in [-0.05, 0) is 121 Å². The van der Waals surface area contributed by atoms with E-state index in [1.54, 1.807) is 36.4 Å². The fourth-order valence-corrected chi connectivity index (χ4v) is 10.1. The van der Waals surface area contributed by atoms with Gasteiger partial charge in [-0.15, -0.1) is 0 Å². The third-order valence-electron chi connectivity index (χ3n) is 14.0. The summed E-state index contributed by atoms with van der Waals surface area (Å²) < 4.78 is 18.0. The van der Waals surface area contributed by atoms with Crippen LogP contribution in [0.5, 0.6) is 11.5 Å². The Morgan fingerprint density at radius 2 is 1.51 bits per heavy atom. The molecule has 4 heterocycles. The minimum Gasteiger partial charge on any atom is -0.506 e. The fraction of sp³-hybridized carbons (Fsp3) is 0.357. The van der Waals surface area contributed by atoms with E-state index >= 15 is 0 Å². The van der Waals surface area contributed by atoms with Crippen LogP contribution in [0.25, 0.3) is 10.9 Å². The Labute approximate surface area is 407 Å². The first-order valence-electron chi connectivity index (χ1n) is 24.5. The molecule has 2 amide bonds. The van der Waals surface area contributed by atoms with Crippen molar-refractivity contribution in [2.75, 3.05) is 39.3 Å². The van der Waals surface area contributed by atoms with Crippen LogP contribution in [0.15, 0.2) is 132 Å². The number of nitrogens with one attached hydrogen (secondary N) is 3. The molecular weight excluding hydrogens is 887 g/mol. The highest BCUT2D eigenvalue weighted by atomic mass is 16.6. The van der Waals surface area contributed by atoms with Gasteiger partial charge in [0, 0.05) is 42.7 Å². The van der Waals surface area contributed by atoms with Gasteiger partial charge in [0.05, 0.1) is 29.8 Å². The Morgan fingerprint density at radius 1 is 0.786 bits per heavy atom. The number of hydrogen-bond acceptors (Lipinski definition) is 11. The fourth-order valence-electron chi connectivity index (χ4n) is 10.1. The molecule has 2 bridgehead atoms. The van der Waals surface area contributed by atoms with Crippen molar-refractivity contribution >= 4 is 28.9 Å². The molecule has 3 aliphatic heterocycles. The molecule has 1 saturated carbocycles. The minimum absolute atomic E-state index is 0.0494. The highest BCUT2D eigenvalue weighted by Crippen LogP contribution is 2.32. The lowest BCUT2D eigenvalue weighted by Crippen LogP contribution is -2.52. The predicted molar refractivity (Wildman–Crippen MR) is 266 cm³/mol. The Hall–Kier alpha value is -7.00. The molecule has 6 aromatic rings. The van der Waals surface area contributed by atoms with E-state index in [-0.39, 0.29) is 61.2 Å². The van der Waals surface area contributed by atoms with E-state index in [0.29, 0.717) is 40.3 Å². The number of aromatic nitrogens is 1. The number of aliphatic hydroxyl groups excluding tert-OH is 1. The van der Waals surface area contributed by atoms with Gasteiger partial charge in [-0.1, -0.05) is 92.1 Å². The second-order valence-corrected chi connectivity index (χ2v) is 18.7. The van der Waals surface area contributed by atoms with Crippen molar-refractivity contribution in [3.8, 4) is 11.5 Å². The topological polar surface area (TPSA) is 183 Å². The van der Waals surface area contributed by atoms with Crippen LogP contribution < -0.4 is 20.9 Å². The first-order chi connectivity index (χ1) is 34.1. The van der Waals surface area contributed by atoms with Gasteiger partial charge in [0.2, 0.25) is 5.56 Å². The number of benzene rings is 5. The number of carbonyl (C=O) groups is 3. The van der Waals surface area contributed by atoms with Gasteiger partial charge in [-0.25, -0.2) is 9.59 Å². The number of phenolic OH excluding ortho intramolecular Hbond substituents is 1. The SMILES string of the molecule is O=C(NC(c1ccccc1)c1cccc(OCc2ccc(C(=O)OCCN(C(=O)c3ccc(CNCC(O)c4ccc(O)c5[nH]c(=O)ccc45)cc3)C3CCCCC3)cc2)c1)OC1CN2CCC1CC2. The summed E-state index contributed by atoms with van der Waals surface area (Å²) in [4.78, 5) is 59.2. The third kappa shape index (κ3) is 11.9. The molecule has 3 atom stereocenters. The molecule has 4 fully saturated rings. The number of phenols is 1. The maximum atomic E-state index is 14.0. The average molecular weight is 948 g/mol. The Kier molecular flexibility index (Phi) is 15.5. The van der Waals surface area contributed by atoms with Gasteiger partial charge in [-0.2, -0.15) is 0 Å². The second kappa shape index (κ2) is 22.6. The first kappa shape index (κ1) is 48.0. The molecule has 14 nitrogen and oxygen atoms in total. The number of nitrogens with zero attached hydrogens (tertiary/aromatic N) is 2. The van der Waals surface area contributed by atoms with Gasteiger partial charge in [0.15, 0.2) is 0 Å². The van der Waals surface area contributed by atoms with Crippen molar-refractivity contribution in [1.29, 1.82) is 0 Å². The number of ether oxygens (including phenoxy) is 3. The maximum absolute atomic E-state index is 14.0. The molecule has 3 saturated heterocycles. The minimum atomic E-state index is -0.897. The number of amides is 2. The normalized spacial score (nSPS) is 18.7. The summed E-state index contributed by atoms with van der Waals surface area (Å²) in [6.07, 6.45) is 5.66. The zero-order chi connectivity index (χ0) is 48.4. The molecular formula is C56H61N5O9. The number of esters is 1. The lowest BCUT2D eigenvalue weighted by atomic mass is 9.86. The zero-order valence-electron chi connectivity index (χ0n) is 39.3. The molecule has 1 aromatic heterocycles. The molecule has 4 aliphatic rings. The summed E-state index contributed by atoms with van der Waals surface area (Å²) in [6, 6.07) is 37.6. The number of hydrogen-bond donors (Lipinski definition) is 5. The summed E-state index contributed by atoms with van der Waals surface area (Å²) in [5.74, 6) is 0.387. The molecule has 0 spiro atoms.